The summed E-state index contributed by atoms with van der Waals surface area (Å²) in [5.74, 6) is 0.284. The molecule has 3 heteroatoms. The first-order chi connectivity index (χ1) is 16.1. The summed E-state index contributed by atoms with van der Waals surface area (Å²) in [6.45, 7) is 8.27. The summed E-state index contributed by atoms with van der Waals surface area (Å²) in [4.78, 5) is 14.6. The van der Waals surface area contributed by atoms with Gasteiger partial charge in [-0.25, -0.2) is 0 Å². The predicted molar refractivity (Wildman–Crippen MR) is 148 cm³/mol. The predicted octanol–water partition coefficient (Wildman–Crippen LogP) is 8.60. The molecule has 0 aromatic carbocycles. The average Bonchev–Trinajstić information content (AvgIpc) is 2.81. The van der Waals surface area contributed by atoms with Crippen molar-refractivity contribution in [3.63, 3.8) is 0 Å². The molecule has 0 aromatic heterocycles. The van der Waals surface area contributed by atoms with E-state index in [1.54, 1.807) is 6.08 Å². The van der Waals surface area contributed by atoms with Gasteiger partial charge in [0.2, 0.25) is 0 Å². The number of ketones is 1. The number of nitrogens with zero attached hydrogens (tertiary/aromatic N) is 1. The monoisotopic (exact) mass is 462 g/mol. The van der Waals surface area contributed by atoms with Crippen LogP contribution in [0.2, 0.25) is 0 Å². The van der Waals surface area contributed by atoms with Gasteiger partial charge in [-0.3, -0.25) is 15.0 Å². The molecule has 0 spiro atoms. The molecular formula is C30H58N2O. The van der Waals surface area contributed by atoms with Crippen molar-refractivity contribution < 1.29 is 4.79 Å². The number of carbonyl (C=O) groups is 1. The van der Waals surface area contributed by atoms with E-state index >= 15 is 0 Å². The molecule has 194 valence electrons. The van der Waals surface area contributed by atoms with E-state index in [-0.39, 0.29) is 18.0 Å². The molecule has 0 heterocycles. The minimum Gasteiger partial charge on any atom is -0.298 e. The number of carbonyl (C=O) groups excluding carboxylic acids is 1. The summed E-state index contributed by atoms with van der Waals surface area (Å²) in [5, 5.41) is 3.42. The zero-order chi connectivity index (χ0) is 24.6. The first-order valence-electron chi connectivity index (χ1n) is 14.3. The standard InChI is InChI=1S/C30H58N2O/c1-6-9-10-11-12-13-14-15-16-17-18-19-20-21-22-23-24-25-26-27-29(33)28(7-2)31-30(8-3)32(4)5/h7,15-16,28,30-31H,2,6,8-14,17-27H2,1,3-5H3. The number of nitrogens with one attached hydrogen (secondary N) is 1. The summed E-state index contributed by atoms with van der Waals surface area (Å²) >= 11 is 0. The quantitative estimate of drug-likeness (QED) is 0.0837. The molecule has 0 aliphatic carbocycles. The highest BCUT2D eigenvalue weighted by atomic mass is 16.1. The van der Waals surface area contributed by atoms with Gasteiger partial charge in [0.05, 0.1) is 12.2 Å². The van der Waals surface area contributed by atoms with Gasteiger partial charge in [0, 0.05) is 6.42 Å². The Morgan fingerprint density at radius 2 is 1.21 bits per heavy atom. The van der Waals surface area contributed by atoms with Crippen LogP contribution in [0.25, 0.3) is 0 Å². The second-order valence-corrected chi connectivity index (χ2v) is 9.98. The number of hydrogen-bond acceptors (Lipinski definition) is 3. The van der Waals surface area contributed by atoms with Crippen molar-refractivity contribution in [3.05, 3.63) is 24.8 Å². The first kappa shape index (κ1) is 32.1. The van der Waals surface area contributed by atoms with Crippen LogP contribution in [0.3, 0.4) is 0 Å². The van der Waals surface area contributed by atoms with E-state index in [0.717, 1.165) is 12.8 Å². The third-order valence-corrected chi connectivity index (χ3v) is 6.65. The molecule has 33 heavy (non-hydrogen) atoms. The maximum Gasteiger partial charge on any atom is 0.153 e. The van der Waals surface area contributed by atoms with Crippen LogP contribution in [0.5, 0.6) is 0 Å². The fourth-order valence-electron chi connectivity index (χ4n) is 4.36. The average molecular weight is 463 g/mol. The van der Waals surface area contributed by atoms with E-state index in [2.05, 4.69) is 42.8 Å². The molecule has 0 amide bonds. The van der Waals surface area contributed by atoms with Crippen LogP contribution in [-0.2, 0) is 4.79 Å². The number of Topliss-reactive ketones (excluding diaryl/α,β-unsaturated/α-hetero) is 1. The third kappa shape index (κ3) is 20.2. The minimum absolute atomic E-state index is 0.220. The Morgan fingerprint density at radius 1 is 0.758 bits per heavy atom. The van der Waals surface area contributed by atoms with Gasteiger partial charge >= 0.3 is 0 Å². The van der Waals surface area contributed by atoms with Crippen LogP contribution in [0, 0.1) is 0 Å². The highest BCUT2D eigenvalue weighted by Crippen LogP contribution is 2.13. The van der Waals surface area contributed by atoms with Gasteiger partial charge < -0.3 is 0 Å². The lowest BCUT2D eigenvalue weighted by molar-refractivity contribution is -0.120. The Labute approximate surface area is 207 Å². The van der Waals surface area contributed by atoms with Gasteiger partial charge in [-0.2, -0.15) is 0 Å². The van der Waals surface area contributed by atoms with E-state index in [1.807, 2.05) is 14.1 Å². The van der Waals surface area contributed by atoms with Crippen molar-refractivity contribution >= 4 is 5.78 Å². The van der Waals surface area contributed by atoms with Gasteiger partial charge in [-0.1, -0.05) is 109 Å². The first-order valence-corrected chi connectivity index (χ1v) is 14.3. The second-order valence-electron chi connectivity index (χ2n) is 9.98. The molecule has 0 fully saturated rings. The van der Waals surface area contributed by atoms with Gasteiger partial charge in [0.15, 0.2) is 5.78 Å². The molecule has 0 saturated heterocycles. The van der Waals surface area contributed by atoms with Crippen LogP contribution in [0.1, 0.15) is 136 Å². The molecule has 0 bridgehead atoms. The van der Waals surface area contributed by atoms with Crippen molar-refractivity contribution in [2.45, 2.75) is 148 Å². The van der Waals surface area contributed by atoms with Crippen molar-refractivity contribution in [1.29, 1.82) is 0 Å². The van der Waals surface area contributed by atoms with Crippen LogP contribution < -0.4 is 5.32 Å². The Bertz CT molecular complexity index is 472. The van der Waals surface area contributed by atoms with E-state index in [9.17, 15) is 4.79 Å². The molecule has 0 aliphatic heterocycles. The smallest absolute Gasteiger partial charge is 0.153 e. The lowest BCUT2D eigenvalue weighted by atomic mass is 10.0. The maximum absolute atomic E-state index is 12.5. The minimum atomic E-state index is -0.220. The van der Waals surface area contributed by atoms with Gasteiger partial charge in [0.1, 0.15) is 0 Å². The zero-order valence-electron chi connectivity index (χ0n) is 22.9. The second kappa shape index (κ2) is 24.2. The lowest BCUT2D eigenvalue weighted by Crippen LogP contribution is -2.48. The summed E-state index contributed by atoms with van der Waals surface area (Å²) < 4.78 is 0. The Morgan fingerprint density at radius 3 is 1.64 bits per heavy atom. The number of rotatable bonds is 25. The summed E-state index contributed by atoms with van der Waals surface area (Å²) in [7, 11) is 4.09. The Kier molecular flexibility index (Phi) is 23.5. The van der Waals surface area contributed by atoms with Gasteiger partial charge in [-0.05, 0) is 52.6 Å². The van der Waals surface area contributed by atoms with Crippen molar-refractivity contribution in [3.8, 4) is 0 Å². The molecule has 2 atom stereocenters. The zero-order valence-corrected chi connectivity index (χ0v) is 22.9. The van der Waals surface area contributed by atoms with Crippen molar-refractivity contribution in [2.75, 3.05) is 14.1 Å². The number of unbranched alkanes of at least 4 members (excludes halogenated alkanes) is 15. The molecule has 0 aliphatic rings. The van der Waals surface area contributed by atoms with E-state index in [1.165, 1.54) is 103 Å². The molecule has 2 unspecified atom stereocenters. The molecule has 0 saturated carbocycles. The van der Waals surface area contributed by atoms with Crippen LogP contribution in [-0.4, -0.2) is 37.0 Å². The fourth-order valence-corrected chi connectivity index (χ4v) is 4.36. The van der Waals surface area contributed by atoms with E-state index in [4.69, 9.17) is 0 Å². The van der Waals surface area contributed by atoms with Gasteiger partial charge in [-0.15, -0.1) is 6.58 Å². The summed E-state index contributed by atoms with van der Waals surface area (Å²) in [6.07, 6.45) is 30.9. The summed E-state index contributed by atoms with van der Waals surface area (Å²) in [5.41, 5.74) is 0. The Balaban J connectivity index is 3.49. The highest BCUT2D eigenvalue weighted by molar-refractivity contribution is 5.85. The molecule has 0 radical (unpaired) electrons. The largest absolute Gasteiger partial charge is 0.298 e. The maximum atomic E-state index is 12.5. The number of hydrogen-bond donors (Lipinski definition) is 1. The van der Waals surface area contributed by atoms with Crippen LogP contribution >= 0.6 is 0 Å². The van der Waals surface area contributed by atoms with Crippen molar-refractivity contribution in [1.82, 2.24) is 10.2 Å². The van der Waals surface area contributed by atoms with E-state index in [0.29, 0.717) is 6.42 Å². The highest BCUT2D eigenvalue weighted by Gasteiger charge is 2.18. The lowest BCUT2D eigenvalue weighted by Gasteiger charge is -2.27. The molecule has 0 aromatic rings. The Hall–Kier alpha value is -0.930. The van der Waals surface area contributed by atoms with E-state index < -0.39 is 0 Å². The molecular weight excluding hydrogens is 404 g/mol. The van der Waals surface area contributed by atoms with Crippen LogP contribution in [0.15, 0.2) is 24.8 Å². The van der Waals surface area contributed by atoms with Crippen LogP contribution in [0.4, 0.5) is 0 Å². The summed E-state index contributed by atoms with van der Waals surface area (Å²) in [6, 6.07) is -0.220. The molecule has 1 N–H and O–H groups in total. The third-order valence-electron chi connectivity index (χ3n) is 6.65. The van der Waals surface area contributed by atoms with Crippen molar-refractivity contribution in [2.24, 2.45) is 0 Å². The number of allylic oxidation sites excluding steroid dienone is 2. The normalized spacial score (nSPS) is 13.6. The van der Waals surface area contributed by atoms with Gasteiger partial charge in [0.25, 0.3) is 0 Å². The SMILES string of the molecule is C=CC(NC(CC)N(C)C)C(=O)CCCCCCCCCCCC=CCCCCCCCC. The molecule has 0 rings (SSSR count). The topological polar surface area (TPSA) is 32.3 Å². The fraction of sp³-hybridized carbons (Fsp3) is 0.833. The molecule has 3 nitrogen and oxygen atoms in total.